The van der Waals surface area contributed by atoms with Gasteiger partial charge in [-0.25, -0.2) is 0 Å². The van der Waals surface area contributed by atoms with Gasteiger partial charge < -0.3 is 11.1 Å². The summed E-state index contributed by atoms with van der Waals surface area (Å²) in [5, 5.41) is 3.11. The second-order valence-electron chi connectivity index (χ2n) is 3.93. The standard InChI is InChI=1S/C11H26N2/c1-4-6-8-10(7-5-2)9-11(12)13-3/h10-11,13H,4-9,12H2,1-3H3. The van der Waals surface area contributed by atoms with E-state index in [0.717, 1.165) is 12.3 Å². The summed E-state index contributed by atoms with van der Waals surface area (Å²) in [6, 6.07) is 0. The lowest BCUT2D eigenvalue weighted by atomic mass is 9.93. The number of nitrogens with two attached hydrogens (primary N) is 1. The van der Waals surface area contributed by atoms with Crippen LogP contribution in [0, 0.1) is 5.92 Å². The first-order valence-electron chi connectivity index (χ1n) is 5.67. The largest absolute Gasteiger partial charge is 0.316 e. The van der Waals surface area contributed by atoms with Gasteiger partial charge in [-0.1, -0.05) is 46.0 Å². The summed E-state index contributed by atoms with van der Waals surface area (Å²) in [5.41, 5.74) is 5.86. The highest BCUT2D eigenvalue weighted by molar-refractivity contribution is 4.65. The molecule has 0 heterocycles. The van der Waals surface area contributed by atoms with Crippen molar-refractivity contribution in [2.24, 2.45) is 11.7 Å². The lowest BCUT2D eigenvalue weighted by molar-refractivity contribution is 0.351. The zero-order valence-corrected chi connectivity index (χ0v) is 9.47. The highest BCUT2D eigenvalue weighted by Gasteiger charge is 2.10. The Morgan fingerprint density at radius 1 is 1.15 bits per heavy atom. The summed E-state index contributed by atoms with van der Waals surface area (Å²) in [4.78, 5) is 0. The zero-order valence-electron chi connectivity index (χ0n) is 9.47. The van der Waals surface area contributed by atoms with Gasteiger partial charge in [0.25, 0.3) is 0 Å². The Morgan fingerprint density at radius 3 is 2.31 bits per heavy atom. The quantitative estimate of drug-likeness (QED) is 0.572. The van der Waals surface area contributed by atoms with Crippen molar-refractivity contribution < 1.29 is 0 Å². The molecular weight excluding hydrogens is 160 g/mol. The fourth-order valence-corrected chi connectivity index (χ4v) is 1.76. The molecule has 2 atom stereocenters. The Morgan fingerprint density at radius 2 is 1.85 bits per heavy atom. The molecule has 0 aromatic heterocycles. The van der Waals surface area contributed by atoms with Gasteiger partial charge >= 0.3 is 0 Å². The molecule has 80 valence electrons. The van der Waals surface area contributed by atoms with Gasteiger partial charge in [0.15, 0.2) is 0 Å². The molecule has 2 nitrogen and oxygen atoms in total. The minimum Gasteiger partial charge on any atom is -0.316 e. The first kappa shape index (κ1) is 12.9. The molecule has 0 saturated heterocycles. The van der Waals surface area contributed by atoms with Crippen LogP contribution in [0.15, 0.2) is 0 Å². The minimum absolute atomic E-state index is 0.188. The predicted molar refractivity (Wildman–Crippen MR) is 59.6 cm³/mol. The van der Waals surface area contributed by atoms with Crippen LogP contribution in [-0.2, 0) is 0 Å². The molecule has 3 N–H and O–H groups in total. The maximum absolute atomic E-state index is 5.86. The monoisotopic (exact) mass is 186 g/mol. The molecule has 0 bridgehead atoms. The van der Waals surface area contributed by atoms with Crippen LogP contribution in [0.5, 0.6) is 0 Å². The summed E-state index contributed by atoms with van der Waals surface area (Å²) >= 11 is 0. The van der Waals surface area contributed by atoms with Gasteiger partial charge in [-0.3, -0.25) is 0 Å². The minimum atomic E-state index is 0.188. The van der Waals surface area contributed by atoms with Crippen molar-refractivity contribution in [2.45, 2.75) is 58.5 Å². The van der Waals surface area contributed by atoms with Crippen LogP contribution in [0.2, 0.25) is 0 Å². The summed E-state index contributed by atoms with van der Waals surface area (Å²) < 4.78 is 0. The molecule has 13 heavy (non-hydrogen) atoms. The summed E-state index contributed by atoms with van der Waals surface area (Å²) in [7, 11) is 1.94. The van der Waals surface area contributed by atoms with Gasteiger partial charge in [0.1, 0.15) is 0 Å². The van der Waals surface area contributed by atoms with E-state index in [0.29, 0.717) is 0 Å². The van der Waals surface area contributed by atoms with Crippen LogP contribution < -0.4 is 11.1 Å². The molecule has 0 aliphatic carbocycles. The van der Waals surface area contributed by atoms with Crippen LogP contribution in [0.1, 0.15) is 52.4 Å². The van der Waals surface area contributed by atoms with Gasteiger partial charge in [-0.2, -0.15) is 0 Å². The van der Waals surface area contributed by atoms with Gasteiger partial charge in [0.2, 0.25) is 0 Å². The molecule has 0 fully saturated rings. The molecule has 0 amide bonds. The summed E-state index contributed by atoms with van der Waals surface area (Å²) in [6.45, 7) is 4.50. The van der Waals surface area contributed by atoms with E-state index in [2.05, 4.69) is 19.2 Å². The fourth-order valence-electron chi connectivity index (χ4n) is 1.76. The topological polar surface area (TPSA) is 38.0 Å². The first-order valence-corrected chi connectivity index (χ1v) is 5.67. The van der Waals surface area contributed by atoms with E-state index in [4.69, 9.17) is 5.73 Å². The third-order valence-electron chi connectivity index (χ3n) is 2.62. The Labute approximate surface area is 83.3 Å². The maximum Gasteiger partial charge on any atom is 0.0546 e. The zero-order chi connectivity index (χ0) is 10.1. The third-order valence-corrected chi connectivity index (χ3v) is 2.62. The lowest BCUT2D eigenvalue weighted by Crippen LogP contribution is -2.36. The van der Waals surface area contributed by atoms with Crippen LogP contribution in [0.3, 0.4) is 0 Å². The van der Waals surface area contributed by atoms with E-state index < -0.39 is 0 Å². The third kappa shape index (κ3) is 7.03. The van der Waals surface area contributed by atoms with Gasteiger partial charge in [-0.15, -0.1) is 0 Å². The summed E-state index contributed by atoms with van der Waals surface area (Å²) in [6.07, 6.45) is 7.92. The van der Waals surface area contributed by atoms with Crippen LogP contribution in [0.4, 0.5) is 0 Å². The molecule has 0 aromatic rings. The number of hydrogen-bond donors (Lipinski definition) is 2. The van der Waals surface area contributed by atoms with Gasteiger partial charge in [0.05, 0.1) is 6.17 Å². The van der Waals surface area contributed by atoms with E-state index in [1.165, 1.54) is 32.1 Å². The van der Waals surface area contributed by atoms with Crippen molar-refractivity contribution in [2.75, 3.05) is 7.05 Å². The Hall–Kier alpha value is -0.0800. The van der Waals surface area contributed by atoms with Crippen molar-refractivity contribution in [1.29, 1.82) is 0 Å². The van der Waals surface area contributed by atoms with Crippen LogP contribution in [0.25, 0.3) is 0 Å². The molecular formula is C11H26N2. The first-order chi connectivity index (χ1) is 6.24. The molecule has 2 heteroatoms. The van der Waals surface area contributed by atoms with Gasteiger partial charge in [0, 0.05) is 0 Å². The molecule has 0 aromatic carbocycles. The van der Waals surface area contributed by atoms with Crippen molar-refractivity contribution >= 4 is 0 Å². The highest BCUT2D eigenvalue weighted by Crippen LogP contribution is 2.19. The number of rotatable bonds is 8. The molecule has 0 aliphatic rings. The average molecular weight is 186 g/mol. The van der Waals surface area contributed by atoms with Crippen LogP contribution in [-0.4, -0.2) is 13.2 Å². The fraction of sp³-hybridized carbons (Fsp3) is 1.00. The van der Waals surface area contributed by atoms with E-state index in [1.807, 2.05) is 7.05 Å². The smallest absolute Gasteiger partial charge is 0.0546 e. The molecule has 0 aliphatic heterocycles. The Balaban J connectivity index is 3.65. The van der Waals surface area contributed by atoms with E-state index >= 15 is 0 Å². The average Bonchev–Trinajstić information content (AvgIpc) is 2.14. The van der Waals surface area contributed by atoms with E-state index in [1.54, 1.807) is 0 Å². The van der Waals surface area contributed by atoms with Crippen LogP contribution >= 0.6 is 0 Å². The number of nitrogens with one attached hydrogen (secondary N) is 1. The molecule has 0 radical (unpaired) electrons. The van der Waals surface area contributed by atoms with Gasteiger partial charge in [-0.05, 0) is 19.4 Å². The van der Waals surface area contributed by atoms with E-state index in [-0.39, 0.29) is 6.17 Å². The highest BCUT2D eigenvalue weighted by atomic mass is 15.0. The molecule has 0 rings (SSSR count). The lowest BCUT2D eigenvalue weighted by Gasteiger charge is -2.19. The van der Waals surface area contributed by atoms with Crippen molar-refractivity contribution in [3.8, 4) is 0 Å². The number of unbranched alkanes of at least 4 members (excludes halogenated alkanes) is 1. The molecule has 0 spiro atoms. The van der Waals surface area contributed by atoms with Crippen molar-refractivity contribution in [3.05, 3.63) is 0 Å². The van der Waals surface area contributed by atoms with Crippen molar-refractivity contribution in [3.63, 3.8) is 0 Å². The second kappa shape index (κ2) is 8.52. The normalized spacial score (nSPS) is 15.7. The van der Waals surface area contributed by atoms with E-state index in [9.17, 15) is 0 Å². The second-order valence-corrected chi connectivity index (χ2v) is 3.93. The Kier molecular flexibility index (Phi) is 8.46. The Bertz CT molecular complexity index is 104. The van der Waals surface area contributed by atoms with Crippen molar-refractivity contribution in [1.82, 2.24) is 5.32 Å². The maximum atomic E-state index is 5.86. The summed E-state index contributed by atoms with van der Waals surface area (Å²) in [5.74, 6) is 0.826. The molecule has 0 saturated carbocycles. The molecule has 2 unspecified atom stereocenters. The number of hydrogen-bond acceptors (Lipinski definition) is 2. The SMILES string of the molecule is CCCCC(CCC)CC(N)NC. The predicted octanol–water partition coefficient (Wildman–Crippen LogP) is 2.49.